The summed E-state index contributed by atoms with van der Waals surface area (Å²) in [7, 11) is 0. The number of aliphatic hydroxyl groups is 8. The zero-order chi connectivity index (χ0) is 43.3. The van der Waals surface area contributed by atoms with Crippen LogP contribution >= 0.6 is 0 Å². The Labute approximate surface area is 340 Å². The second-order valence-corrected chi connectivity index (χ2v) is 16.0. The van der Waals surface area contributed by atoms with Gasteiger partial charge in [-0.25, -0.2) is 0 Å². The first kappa shape index (κ1) is 47.7. The highest BCUT2D eigenvalue weighted by molar-refractivity contribution is 5.81. The maximum Gasteiger partial charge on any atom is 0.249 e. The van der Waals surface area contributed by atoms with Crippen molar-refractivity contribution in [3.05, 3.63) is 0 Å². The smallest absolute Gasteiger partial charge is 0.249 e. The van der Waals surface area contributed by atoms with Gasteiger partial charge in [-0.15, -0.1) is 0 Å². The number of aliphatic hydroxyl groups excluding tert-OH is 8. The van der Waals surface area contributed by atoms with Gasteiger partial charge < -0.3 is 114 Å². The number of carbonyl (C=O) groups excluding carboxylic acids is 1. The molecule has 3 heterocycles. The van der Waals surface area contributed by atoms with E-state index in [0.717, 1.165) is 12.8 Å². The molecular formula is C34H64N10O15. The van der Waals surface area contributed by atoms with Crippen molar-refractivity contribution in [1.29, 1.82) is 0 Å². The molecule has 5 fully saturated rings. The van der Waals surface area contributed by atoms with Crippen LogP contribution in [0.15, 0.2) is 9.98 Å². The molecule has 1 amide bonds. The third-order valence-electron chi connectivity index (χ3n) is 11.5. The average molecular weight is 853 g/mol. The molecule has 0 spiro atoms. The molecule has 3 aliphatic heterocycles. The van der Waals surface area contributed by atoms with Gasteiger partial charge in [0.1, 0.15) is 79.4 Å². The summed E-state index contributed by atoms with van der Waals surface area (Å²) in [5.41, 5.74) is 35.6. The molecule has 5 aliphatic rings. The fourth-order valence-corrected chi connectivity index (χ4v) is 8.02. The van der Waals surface area contributed by atoms with Gasteiger partial charge in [0.05, 0.1) is 31.3 Å². The van der Waals surface area contributed by atoms with Crippen LogP contribution in [-0.4, -0.2) is 221 Å². The van der Waals surface area contributed by atoms with Crippen LogP contribution in [0, 0.1) is 5.92 Å². The summed E-state index contributed by atoms with van der Waals surface area (Å²) >= 11 is 0. The molecular weight excluding hydrogens is 788 g/mol. The van der Waals surface area contributed by atoms with Crippen molar-refractivity contribution in [2.75, 3.05) is 32.8 Å². The molecule has 0 aromatic carbocycles. The van der Waals surface area contributed by atoms with Crippen LogP contribution in [0.3, 0.4) is 0 Å². The summed E-state index contributed by atoms with van der Waals surface area (Å²) < 4.78 is 36.0. The van der Waals surface area contributed by atoms with Gasteiger partial charge >= 0.3 is 0 Å². The molecule has 22 N–H and O–H groups in total. The predicted molar refractivity (Wildman–Crippen MR) is 203 cm³/mol. The number of aliphatic imine (C=N–C) groups is 2. The lowest BCUT2D eigenvalue weighted by atomic mass is 9.81. The molecule has 0 unspecified atom stereocenters. The molecule has 0 radical (unpaired) electrons. The maximum atomic E-state index is 13.0. The van der Waals surface area contributed by atoms with Crippen LogP contribution < -0.4 is 45.0 Å². The molecule has 0 bridgehead atoms. The van der Waals surface area contributed by atoms with E-state index < -0.39 is 135 Å². The maximum absolute atomic E-state index is 13.0. The monoisotopic (exact) mass is 852 g/mol. The number of amides is 1. The summed E-state index contributed by atoms with van der Waals surface area (Å²) in [4.78, 5) is 20.5. The summed E-state index contributed by atoms with van der Waals surface area (Å²) in [6.07, 6.45) is -21.9. The second kappa shape index (κ2) is 21.1. The van der Waals surface area contributed by atoms with Crippen molar-refractivity contribution < 1.29 is 74.1 Å². The molecule has 0 aromatic rings. The van der Waals surface area contributed by atoms with E-state index in [2.05, 4.69) is 27.3 Å². The highest BCUT2D eigenvalue weighted by atomic mass is 16.8. The standard InChI is InChI=1S/C34H64N10O15/c1-41-8-16-22(48)24(50)20(38)32(54-16)58-28-18(10-45)56-33(26(28)52)59-29-21(47)14(44-30(53)15(46)2-3-43-34(39)40)6-13(36)27(29)57-31-19(37)25(51)23(49)17(55-31)9-42-7-11-4-12(35)5-11/h11-29,31-33,42,45-52H,1-10,35-38H2,(H,44,53)(H4,39,40,43)/t11?,12?,13-,14+,15-,16-,17+,18+,19+,20+,21-,22+,23+,24+,25+,26+,27+,28+,29+,31+,32+,33-/m0/s1. The minimum atomic E-state index is -1.75. The van der Waals surface area contributed by atoms with Gasteiger partial charge in [-0.2, -0.15) is 0 Å². The zero-order valence-corrected chi connectivity index (χ0v) is 32.6. The third-order valence-corrected chi connectivity index (χ3v) is 11.5. The van der Waals surface area contributed by atoms with E-state index in [4.69, 9.17) is 62.8 Å². The quantitative estimate of drug-likeness (QED) is 0.0449. The van der Waals surface area contributed by atoms with E-state index >= 15 is 0 Å². The molecule has 0 aromatic heterocycles. The lowest BCUT2D eigenvalue weighted by Gasteiger charge is -2.48. The van der Waals surface area contributed by atoms with Gasteiger partial charge in [0.2, 0.25) is 5.91 Å². The van der Waals surface area contributed by atoms with Gasteiger partial charge in [0.15, 0.2) is 24.8 Å². The number of nitrogens with zero attached hydrogens (tertiary/aromatic N) is 2. The summed E-state index contributed by atoms with van der Waals surface area (Å²) in [5.74, 6) is -0.792. The Morgan fingerprint density at radius 2 is 1.32 bits per heavy atom. The highest BCUT2D eigenvalue weighted by Gasteiger charge is 2.55. The van der Waals surface area contributed by atoms with E-state index in [1.807, 2.05) is 0 Å². The number of nitrogens with one attached hydrogen (secondary N) is 2. The topological polar surface area (TPSA) is 439 Å². The van der Waals surface area contributed by atoms with E-state index in [1.165, 1.54) is 0 Å². The first-order chi connectivity index (χ1) is 27.9. The van der Waals surface area contributed by atoms with E-state index in [-0.39, 0.29) is 44.5 Å². The molecule has 3 saturated heterocycles. The number of nitrogens with two attached hydrogens (primary N) is 6. The molecule has 340 valence electrons. The lowest BCUT2D eigenvalue weighted by Crippen LogP contribution is -2.69. The van der Waals surface area contributed by atoms with Gasteiger partial charge in [-0.05, 0) is 38.4 Å². The summed E-state index contributed by atoms with van der Waals surface area (Å²) in [6.45, 7) is 3.13. The summed E-state index contributed by atoms with van der Waals surface area (Å²) in [5, 5.41) is 92.5. The molecule has 59 heavy (non-hydrogen) atoms. The first-order valence-corrected chi connectivity index (χ1v) is 19.8. The third kappa shape index (κ3) is 11.4. The van der Waals surface area contributed by atoms with E-state index in [9.17, 15) is 45.6 Å². The van der Waals surface area contributed by atoms with Crippen molar-refractivity contribution in [3.8, 4) is 0 Å². The molecule has 2 aliphatic carbocycles. The summed E-state index contributed by atoms with van der Waals surface area (Å²) in [6, 6.07) is -4.80. The van der Waals surface area contributed by atoms with Crippen molar-refractivity contribution in [1.82, 2.24) is 10.6 Å². The first-order valence-electron chi connectivity index (χ1n) is 19.8. The van der Waals surface area contributed by atoms with E-state index in [1.54, 1.807) is 0 Å². The molecule has 2 saturated carbocycles. The fraction of sp³-hybridized carbons (Fsp3) is 0.912. The molecule has 25 heteroatoms. The molecule has 20 atom stereocenters. The molecule has 5 rings (SSSR count). The Bertz CT molecular complexity index is 1390. The van der Waals surface area contributed by atoms with Gasteiger partial charge in [0, 0.05) is 31.6 Å². The predicted octanol–water partition coefficient (Wildman–Crippen LogP) is -9.60. The van der Waals surface area contributed by atoms with Crippen LogP contribution in [0.5, 0.6) is 0 Å². The van der Waals surface area contributed by atoms with Crippen LogP contribution in [-0.2, 0) is 33.2 Å². The Balaban J connectivity index is 1.34. The minimum Gasteiger partial charge on any atom is -0.394 e. The van der Waals surface area contributed by atoms with Crippen LogP contribution in [0.1, 0.15) is 25.7 Å². The Morgan fingerprint density at radius 1 is 0.746 bits per heavy atom. The number of hydrogen-bond acceptors (Lipinski definition) is 22. The number of carbonyl (C=O) groups is 1. The number of hydrogen-bond donors (Lipinski definition) is 16. The Kier molecular flexibility index (Phi) is 17.1. The lowest BCUT2D eigenvalue weighted by molar-refractivity contribution is -0.308. The van der Waals surface area contributed by atoms with Crippen LogP contribution in [0.2, 0.25) is 0 Å². The largest absolute Gasteiger partial charge is 0.394 e. The molecule has 25 nitrogen and oxygen atoms in total. The van der Waals surface area contributed by atoms with Crippen molar-refractivity contribution in [2.45, 2.75) is 154 Å². The van der Waals surface area contributed by atoms with Crippen molar-refractivity contribution in [3.63, 3.8) is 0 Å². The fourth-order valence-electron chi connectivity index (χ4n) is 8.02. The number of ether oxygens (including phenoxy) is 6. The SMILES string of the molecule is C=NC[C@@H]1O[C@H](O[C@H]2[C@@H](O)[C@H](O[C@@H]3[C@@H](O)[C@H](NC(=O)[C@@H](O)CCN=C(N)N)C[C@H](N)[C@H]3O[C@H]3O[C@H](CNCC4CC(N)C4)[C@@H](O)[C@H](O)[C@H]3N)O[C@@H]2CO)[C@H](N)[C@@H](O)[C@@H]1O. The Morgan fingerprint density at radius 3 is 1.92 bits per heavy atom. The highest BCUT2D eigenvalue weighted by Crippen LogP contribution is 2.35. The second-order valence-electron chi connectivity index (χ2n) is 16.0. The van der Waals surface area contributed by atoms with E-state index in [0.29, 0.717) is 12.5 Å². The number of guanidine groups is 1. The average Bonchev–Trinajstić information content (AvgIpc) is 3.48. The van der Waals surface area contributed by atoms with Gasteiger partial charge in [-0.1, -0.05) is 0 Å². The zero-order valence-electron chi connectivity index (χ0n) is 32.6. The minimum absolute atomic E-state index is 0.0763. The van der Waals surface area contributed by atoms with Gasteiger partial charge in [-0.3, -0.25) is 14.8 Å². The normalized spacial score (nSPS) is 45.6. The van der Waals surface area contributed by atoms with Gasteiger partial charge in [0.25, 0.3) is 0 Å². The van der Waals surface area contributed by atoms with Crippen molar-refractivity contribution >= 4 is 18.6 Å². The van der Waals surface area contributed by atoms with Crippen LogP contribution in [0.25, 0.3) is 0 Å². The van der Waals surface area contributed by atoms with Crippen LogP contribution in [0.4, 0.5) is 0 Å². The van der Waals surface area contributed by atoms with Crippen molar-refractivity contribution in [2.24, 2.45) is 50.3 Å². The Hall–Kier alpha value is -2.35. The number of rotatable bonds is 18.